The van der Waals surface area contributed by atoms with Crippen LogP contribution in [0.2, 0.25) is 0 Å². The summed E-state index contributed by atoms with van der Waals surface area (Å²) < 4.78 is 26.7. The van der Waals surface area contributed by atoms with E-state index >= 15 is 0 Å². The maximum atomic E-state index is 11.9. The maximum absolute atomic E-state index is 11.9. The number of nitrogens with one attached hydrogen (secondary N) is 1. The van der Waals surface area contributed by atoms with Crippen LogP contribution in [0.3, 0.4) is 0 Å². The molecule has 2 unspecified atom stereocenters. The molecular weight excluding hydrogens is 376 g/mol. The first-order chi connectivity index (χ1) is 12.9. The van der Waals surface area contributed by atoms with Crippen molar-refractivity contribution in [2.24, 2.45) is 11.8 Å². The Morgan fingerprint density at radius 3 is 2.59 bits per heavy atom. The van der Waals surface area contributed by atoms with Crippen LogP contribution in [0.5, 0.6) is 0 Å². The van der Waals surface area contributed by atoms with Crippen LogP contribution in [0.25, 0.3) is 16.1 Å². The second kappa shape index (κ2) is 8.67. The zero-order valence-corrected chi connectivity index (χ0v) is 17.8. The lowest BCUT2D eigenvalue weighted by atomic mass is 9.81. The molecule has 27 heavy (non-hydrogen) atoms. The Morgan fingerprint density at radius 1 is 1.19 bits per heavy atom. The fourth-order valence-corrected chi connectivity index (χ4v) is 5.21. The summed E-state index contributed by atoms with van der Waals surface area (Å²) in [4.78, 5) is 6.95. The first-order valence-electron chi connectivity index (χ1n) is 9.56. The van der Waals surface area contributed by atoms with E-state index in [1.165, 1.54) is 15.3 Å². The van der Waals surface area contributed by atoms with Gasteiger partial charge >= 0.3 is 0 Å². The van der Waals surface area contributed by atoms with E-state index in [0.717, 1.165) is 25.0 Å². The Balaban J connectivity index is 1.59. The van der Waals surface area contributed by atoms with Crippen LogP contribution in [0, 0.1) is 11.8 Å². The molecule has 6 heteroatoms. The Labute approximate surface area is 166 Å². The minimum absolute atomic E-state index is 0.337. The van der Waals surface area contributed by atoms with Crippen LogP contribution >= 0.6 is 11.3 Å². The SMILES string of the molecule is CC(CNS(=O)(=O)C(C)C)C1CC=C(c2ccc(-c3ccccn3)s2)CC1. The molecule has 0 aromatic carbocycles. The summed E-state index contributed by atoms with van der Waals surface area (Å²) in [7, 11) is -3.18. The van der Waals surface area contributed by atoms with Gasteiger partial charge in [-0.05, 0) is 74.8 Å². The van der Waals surface area contributed by atoms with Crippen molar-refractivity contribution in [3.8, 4) is 10.6 Å². The van der Waals surface area contributed by atoms with E-state index in [9.17, 15) is 8.42 Å². The number of allylic oxidation sites excluding steroid dienone is 2. The largest absolute Gasteiger partial charge is 0.255 e. The third-order valence-corrected chi connectivity index (χ3v) is 8.32. The van der Waals surface area contributed by atoms with Gasteiger partial charge in [0.2, 0.25) is 10.0 Å². The van der Waals surface area contributed by atoms with Crippen LogP contribution in [0.4, 0.5) is 0 Å². The first kappa shape index (κ1) is 20.2. The van der Waals surface area contributed by atoms with E-state index in [2.05, 4.69) is 34.8 Å². The van der Waals surface area contributed by atoms with Crippen molar-refractivity contribution in [3.63, 3.8) is 0 Å². The van der Waals surface area contributed by atoms with Gasteiger partial charge in [-0.2, -0.15) is 0 Å². The molecule has 0 aliphatic heterocycles. The third kappa shape index (κ3) is 5.06. The molecule has 0 saturated heterocycles. The zero-order valence-electron chi connectivity index (χ0n) is 16.2. The highest BCUT2D eigenvalue weighted by atomic mass is 32.2. The highest BCUT2D eigenvalue weighted by Gasteiger charge is 2.24. The summed E-state index contributed by atoms with van der Waals surface area (Å²) in [5.41, 5.74) is 2.43. The number of aromatic nitrogens is 1. The molecule has 0 radical (unpaired) electrons. The molecule has 3 rings (SSSR count). The van der Waals surface area contributed by atoms with Gasteiger partial charge in [-0.1, -0.05) is 19.1 Å². The molecule has 0 saturated carbocycles. The van der Waals surface area contributed by atoms with Crippen LogP contribution < -0.4 is 4.72 Å². The molecule has 0 spiro atoms. The van der Waals surface area contributed by atoms with Gasteiger partial charge in [0, 0.05) is 17.6 Å². The molecule has 0 bridgehead atoms. The molecule has 4 nitrogen and oxygen atoms in total. The van der Waals surface area contributed by atoms with E-state index < -0.39 is 10.0 Å². The Bertz CT molecular complexity index is 886. The summed E-state index contributed by atoms with van der Waals surface area (Å²) in [6, 6.07) is 10.3. The van der Waals surface area contributed by atoms with Crippen molar-refractivity contribution in [2.45, 2.75) is 45.3 Å². The average molecular weight is 405 g/mol. The van der Waals surface area contributed by atoms with Crippen molar-refractivity contribution in [1.29, 1.82) is 0 Å². The van der Waals surface area contributed by atoms with E-state index in [4.69, 9.17) is 0 Å². The lowest BCUT2D eigenvalue weighted by Gasteiger charge is -2.27. The molecule has 2 heterocycles. The van der Waals surface area contributed by atoms with Crippen LogP contribution in [0.15, 0.2) is 42.6 Å². The minimum atomic E-state index is -3.18. The number of pyridine rings is 1. The molecule has 0 amide bonds. The van der Waals surface area contributed by atoms with Crippen molar-refractivity contribution >= 4 is 26.9 Å². The van der Waals surface area contributed by atoms with Gasteiger partial charge < -0.3 is 0 Å². The van der Waals surface area contributed by atoms with Crippen LogP contribution in [0.1, 0.15) is 44.9 Å². The maximum Gasteiger partial charge on any atom is 0.213 e. The summed E-state index contributed by atoms with van der Waals surface area (Å²) >= 11 is 1.80. The van der Waals surface area contributed by atoms with Crippen molar-refractivity contribution in [1.82, 2.24) is 9.71 Å². The summed E-state index contributed by atoms with van der Waals surface area (Å²) in [6.45, 7) is 6.10. The quantitative estimate of drug-likeness (QED) is 0.710. The highest BCUT2D eigenvalue weighted by Crippen LogP contribution is 2.38. The van der Waals surface area contributed by atoms with Crippen molar-refractivity contribution in [2.75, 3.05) is 6.54 Å². The van der Waals surface area contributed by atoms with E-state index in [0.29, 0.717) is 18.4 Å². The van der Waals surface area contributed by atoms with Crippen molar-refractivity contribution < 1.29 is 8.42 Å². The van der Waals surface area contributed by atoms with Gasteiger partial charge in [-0.15, -0.1) is 11.3 Å². The van der Waals surface area contributed by atoms with E-state index in [-0.39, 0.29) is 5.25 Å². The van der Waals surface area contributed by atoms with Gasteiger partial charge in [0.25, 0.3) is 0 Å². The monoisotopic (exact) mass is 404 g/mol. The van der Waals surface area contributed by atoms with Crippen LogP contribution in [-0.4, -0.2) is 25.2 Å². The third-order valence-electron chi connectivity index (χ3n) is 5.32. The smallest absolute Gasteiger partial charge is 0.213 e. The lowest BCUT2D eigenvalue weighted by Crippen LogP contribution is -2.36. The molecular formula is C21H28N2O2S2. The van der Waals surface area contributed by atoms with Gasteiger partial charge in [-0.25, -0.2) is 13.1 Å². The number of rotatable bonds is 7. The Hall–Kier alpha value is -1.50. The summed E-state index contributed by atoms with van der Waals surface area (Å²) in [6.07, 6.45) is 7.34. The van der Waals surface area contributed by atoms with Gasteiger partial charge in [0.05, 0.1) is 15.8 Å². The van der Waals surface area contributed by atoms with E-state index in [1.807, 2.05) is 24.4 Å². The topological polar surface area (TPSA) is 59.1 Å². The van der Waals surface area contributed by atoms with Crippen LogP contribution in [-0.2, 0) is 10.0 Å². The number of hydrogen-bond acceptors (Lipinski definition) is 4. The van der Waals surface area contributed by atoms with Gasteiger partial charge in [0.15, 0.2) is 0 Å². The second-order valence-electron chi connectivity index (χ2n) is 7.56. The second-order valence-corrected chi connectivity index (χ2v) is 11.0. The number of hydrogen-bond donors (Lipinski definition) is 1. The molecule has 1 aliphatic carbocycles. The van der Waals surface area contributed by atoms with E-state index in [1.54, 1.807) is 25.2 Å². The lowest BCUT2D eigenvalue weighted by molar-refractivity contribution is 0.334. The molecule has 2 atom stereocenters. The standard InChI is InChI=1S/C21H28N2O2S2/c1-15(2)27(24,25)23-14-16(3)17-7-9-18(10-8-17)20-11-12-21(26-20)19-6-4-5-13-22-19/h4-6,9,11-13,15-17,23H,7-8,10,14H2,1-3H3. The first-order valence-corrected chi connectivity index (χ1v) is 11.9. The summed E-state index contributed by atoms with van der Waals surface area (Å²) in [5, 5.41) is -0.380. The summed E-state index contributed by atoms with van der Waals surface area (Å²) in [5.74, 6) is 0.863. The molecule has 2 aromatic heterocycles. The predicted molar refractivity (Wildman–Crippen MR) is 114 cm³/mol. The predicted octanol–water partition coefficient (Wildman–Crippen LogP) is 4.96. The van der Waals surface area contributed by atoms with Crippen molar-refractivity contribution in [3.05, 3.63) is 47.5 Å². The highest BCUT2D eigenvalue weighted by molar-refractivity contribution is 7.90. The fourth-order valence-electron chi connectivity index (χ4n) is 3.33. The normalized spacial score (nSPS) is 19.1. The zero-order chi connectivity index (χ0) is 19.4. The number of nitrogens with zero attached hydrogens (tertiary/aromatic N) is 1. The minimum Gasteiger partial charge on any atom is -0.255 e. The Morgan fingerprint density at radius 2 is 1.96 bits per heavy atom. The molecule has 1 N–H and O–H groups in total. The molecule has 1 aliphatic rings. The molecule has 0 fully saturated rings. The Kier molecular flexibility index (Phi) is 6.50. The molecule has 146 valence electrons. The van der Waals surface area contributed by atoms with Gasteiger partial charge in [0.1, 0.15) is 0 Å². The fraction of sp³-hybridized carbons (Fsp3) is 0.476. The van der Waals surface area contributed by atoms with Gasteiger partial charge in [-0.3, -0.25) is 4.98 Å². The average Bonchev–Trinajstić information content (AvgIpc) is 3.17. The number of sulfonamides is 1. The number of thiophene rings is 1. The molecule has 2 aromatic rings.